The summed E-state index contributed by atoms with van der Waals surface area (Å²) in [5.74, 6) is -0.765. The van der Waals surface area contributed by atoms with Crippen LogP contribution in [-0.2, 0) is 4.79 Å². The molecule has 29 heavy (non-hydrogen) atoms. The lowest BCUT2D eigenvalue weighted by Crippen LogP contribution is -2.42. The normalized spacial score (nSPS) is 12.7. The van der Waals surface area contributed by atoms with E-state index in [4.69, 9.17) is 0 Å². The second kappa shape index (κ2) is 7.89. The zero-order valence-electron chi connectivity index (χ0n) is 15.2. The Morgan fingerprint density at radius 1 is 0.931 bits per heavy atom. The molecule has 7 heteroatoms. The molecule has 1 heterocycles. The van der Waals surface area contributed by atoms with Crippen LogP contribution in [0.2, 0.25) is 0 Å². The van der Waals surface area contributed by atoms with Crippen molar-refractivity contribution in [2.75, 3.05) is 22.1 Å². The molecule has 144 valence electrons. The summed E-state index contributed by atoms with van der Waals surface area (Å²) in [5.41, 5.74) is 2.79. The number of para-hydroxylation sites is 2. The monoisotopic (exact) mass is 449 g/mol. The van der Waals surface area contributed by atoms with Crippen LogP contribution in [0.15, 0.2) is 77.3 Å². The molecule has 6 nitrogen and oxygen atoms in total. The Hall–Kier alpha value is -3.45. The van der Waals surface area contributed by atoms with Crippen molar-refractivity contribution in [2.24, 2.45) is 0 Å². The minimum Gasteiger partial charge on any atom is -0.323 e. The topological polar surface area (TPSA) is 78.5 Å². The summed E-state index contributed by atoms with van der Waals surface area (Å²) >= 11 is 3.34. The summed E-state index contributed by atoms with van der Waals surface area (Å²) in [6, 6.07) is 20.8. The van der Waals surface area contributed by atoms with Gasteiger partial charge in [0.15, 0.2) is 0 Å². The highest BCUT2D eigenvalue weighted by molar-refractivity contribution is 9.10. The van der Waals surface area contributed by atoms with Crippen molar-refractivity contribution < 1.29 is 14.4 Å². The van der Waals surface area contributed by atoms with Gasteiger partial charge in [0.05, 0.1) is 11.4 Å². The molecule has 3 aromatic carbocycles. The van der Waals surface area contributed by atoms with Gasteiger partial charge in [-0.2, -0.15) is 0 Å². The summed E-state index contributed by atoms with van der Waals surface area (Å²) in [6.07, 6.45) is 0. The number of carbonyl (C=O) groups excluding carboxylic acids is 3. The lowest BCUT2D eigenvalue weighted by atomic mass is 10.1. The molecule has 0 bridgehead atoms. The first-order valence-electron chi connectivity index (χ1n) is 8.89. The van der Waals surface area contributed by atoms with Crippen LogP contribution in [0.3, 0.4) is 0 Å². The van der Waals surface area contributed by atoms with E-state index in [1.165, 1.54) is 4.90 Å². The smallest absolute Gasteiger partial charge is 0.258 e. The molecule has 4 rings (SSSR count). The molecule has 3 aromatic rings. The number of nitrogens with zero attached hydrogens (tertiary/aromatic N) is 1. The van der Waals surface area contributed by atoms with E-state index in [2.05, 4.69) is 26.6 Å². The van der Waals surface area contributed by atoms with Gasteiger partial charge in [0.1, 0.15) is 6.54 Å². The summed E-state index contributed by atoms with van der Waals surface area (Å²) < 4.78 is 0.817. The van der Waals surface area contributed by atoms with E-state index >= 15 is 0 Å². The van der Waals surface area contributed by atoms with E-state index in [1.54, 1.807) is 60.7 Å². The summed E-state index contributed by atoms with van der Waals surface area (Å²) in [4.78, 5) is 38.7. The Morgan fingerprint density at radius 2 is 1.69 bits per heavy atom. The minimum absolute atomic E-state index is 0.0444. The van der Waals surface area contributed by atoms with Crippen LogP contribution in [-0.4, -0.2) is 24.3 Å². The number of anilines is 3. The number of hydrogen-bond donors (Lipinski definition) is 2. The molecule has 0 saturated heterocycles. The van der Waals surface area contributed by atoms with Crippen LogP contribution in [0, 0.1) is 0 Å². The molecule has 0 aromatic heterocycles. The van der Waals surface area contributed by atoms with Crippen LogP contribution in [0.25, 0.3) is 0 Å². The van der Waals surface area contributed by atoms with Crippen LogP contribution < -0.4 is 15.5 Å². The molecule has 0 fully saturated rings. The first-order chi connectivity index (χ1) is 14.0. The van der Waals surface area contributed by atoms with Crippen LogP contribution >= 0.6 is 15.9 Å². The predicted octanol–water partition coefficient (Wildman–Crippen LogP) is 4.30. The lowest BCUT2D eigenvalue weighted by molar-refractivity contribution is -0.115. The number of nitrogens with one attached hydrogen (secondary N) is 2. The van der Waals surface area contributed by atoms with E-state index in [0.29, 0.717) is 28.2 Å². The van der Waals surface area contributed by atoms with E-state index in [1.807, 2.05) is 12.1 Å². The highest BCUT2D eigenvalue weighted by Gasteiger charge is 2.27. The zero-order chi connectivity index (χ0) is 20.4. The summed E-state index contributed by atoms with van der Waals surface area (Å²) in [6.45, 7) is -0.0444. The van der Waals surface area contributed by atoms with Gasteiger partial charge in [-0.15, -0.1) is 0 Å². The maximum atomic E-state index is 13.0. The number of amides is 3. The van der Waals surface area contributed by atoms with E-state index in [0.717, 1.165) is 4.47 Å². The van der Waals surface area contributed by atoms with Gasteiger partial charge in [-0.05, 0) is 54.6 Å². The average molecular weight is 450 g/mol. The Morgan fingerprint density at radius 3 is 2.45 bits per heavy atom. The number of benzene rings is 3. The second-order valence-electron chi connectivity index (χ2n) is 6.50. The standard InChI is InChI=1S/C22H16BrN3O3/c23-16-5-3-4-15(12-16)21(28)24-17-10-8-14(9-11-17)22(29)26-13-20(27)25-18-6-1-2-7-19(18)26/h1-12H,13H2,(H,24,28)(H,25,27). The lowest BCUT2D eigenvalue weighted by Gasteiger charge is -2.29. The largest absolute Gasteiger partial charge is 0.323 e. The molecule has 0 atom stereocenters. The van der Waals surface area contributed by atoms with Crippen molar-refractivity contribution in [3.8, 4) is 0 Å². The number of rotatable bonds is 3. The number of carbonyl (C=O) groups is 3. The fourth-order valence-electron chi connectivity index (χ4n) is 3.10. The van der Waals surface area contributed by atoms with Gasteiger partial charge >= 0.3 is 0 Å². The van der Waals surface area contributed by atoms with Gasteiger partial charge in [-0.1, -0.05) is 34.1 Å². The first kappa shape index (κ1) is 18.9. The maximum Gasteiger partial charge on any atom is 0.258 e. The molecule has 1 aliphatic heterocycles. The van der Waals surface area contributed by atoms with Crippen molar-refractivity contribution >= 4 is 50.7 Å². The van der Waals surface area contributed by atoms with Crippen molar-refractivity contribution in [3.05, 3.63) is 88.4 Å². The van der Waals surface area contributed by atoms with E-state index < -0.39 is 0 Å². The summed E-state index contributed by atoms with van der Waals surface area (Å²) in [5, 5.41) is 5.57. The molecule has 0 saturated carbocycles. The van der Waals surface area contributed by atoms with E-state index in [9.17, 15) is 14.4 Å². The minimum atomic E-state index is -0.280. The van der Waals surface area contributed by atoms with Crippen LogP contribution in [0.4, 0.5) is 17.1 Å². The van der Waals surface area contributed by atoms with Gasteiger partial charge in [-0.3, -0.25) is 19.3 Å². The number of hydrogen-bond acceptors (Lipinski definition) is 3. The van der Waals surface area contributed by atoms with Gasteiger partial charge in [0, 0.05) is 21.3 Å². The second-order valence-corrected chi connectivity index (χ2v) is 7.41. The Labute approximate surface area is 175 Å². The van der Waals surface area contributed by atoms with Gasteiger partial charge in [-0.25, -0.2) is 0 Å². The van der Waals surface area contributed by atoms with Crippen molar-refractivity contribution in [2.45, 2.75) is 0 Å². The zero-order valence-corrected chi connectivity index (χ0v) is 16.8. The molecule has 3 amide bonds. The van der Waals surface area contributed by atoms with Crippen molar-refractivity contribution in [1.82, 2.24) is 0 Å². The predicted molar refractivity (Wildman–Crippen MR) is 115 cm³/mol. The maximum absolute atomic E-state index is 13.0. The third-order valence-corrected chi connectivity index (χ3v) is 4.99. The molecular formula is C22H16BrN3O3. The number of fused-ring (bicyclic) bond motifs is 1. The highest BCUT2D eigenvalue weighted by Crippen LogP contribution is 2.30. The highest BCUT2D eigenvalue weighted by atomic mass is 79.9. The fourth-order valence-corrected chi connectivity index (χ4v) is 3.50. The van der Waals surface area contributed by atoms with Gasteiger partial charge in [0.25, 0.3) is 11.8 Å². The third kappa shape index (κ3) is 4.05. The van der Waals surface area contributed by atoms with Crippen LogP contribution in [0.1, 0.15) is 20.7 Å². The molecule has 0 aliphatic carbocycles. The molecule has 1 aliphatic rings. The summed E-state index contributed by atoms with van der Waals surface area (Å²) in [7, 11) is 0. The van der Waals surface area contributed by atoms with Gasteiger partial charge in [0.2, 0.25) is 5.91 Å². The Kier molecular flexibility index (Phi) is 5.14. The fraction of sp³-hybridized carbons (Fsp3) is 0.0455. The Balaban J connectivity index is 1.52. The van der Waals surface area contributed by atoms with Crippen molar-refractivity contribution in [1.29, 1.82) is 0 Å². The molecule has 0 unspecified atom stereocenters. The SMILES string of the molecule is O=C1CN(C(=O)c2ccc(NC(=O)c3cccc(Br)c3)cc2)c2ccccc2N1. The van der Waals surface area contributed by atoms with Crippen LogP contribution in [0.5, 0.6) is 0 Å². The first-order valence-corrected chi connectivity index (χ1v) is 9.68. The third-order valence-electron chi connectivity index (χ3n) is 4.49. The number of halogens is 1. The van der Waals surface area contributed by atoms with E-state index in [-0.39, 0.29) is 24.3 Å². The quantitative estimate of drug-likeness (QED) is 0.625. The molecule has 0 radical (unpaired) electrons. The molecular weight excluding hydrogens is 434 g/mol. The van der Waals surface area contributed by atoms with Crippen molar-refractivity contribution in [3.63, 3.8) is 0 Å². The average Bonchev–Trinajstić information content (AvgIpc) is 2.73. The van der Waals surface area contributed by atoms with Gasteiger partial charge < -0.3 is 10.6 Å². The molecule has 0 spiro atoms. The Bertz CT molecular complexity index is 1110. The molecule has 2 N–H and O–H groups in total.